The van der Waals surface area contributed by atoms with Crippen molar-refractivity contribution >= 4 is 33.5 Å². The SMILES string of the molecule is CCCNC(CSc1cccc(Br)c1)c1cccnc1N. The summed E-state index contributed by atoms with van der Waals surface area (Å²) in [5, 5.41) is 3.56. The molecule has 3 nitrogen and oxygen atoms in total. The summed E-state index contributed by atoms with van der Waals surface area (Å²) in [5.74, 6) is 1.53. The molecule has 1 unspecified atom stereocenters. The van der Waals surface area contributed by atoms with E-state index in [1.807, 2.05) is 23.9 Å². The second-order valence-electron chi connectivity index (χ2n) is 4.75. The Hall–Kier alpha value is -1.04. The van der Waals surface area contributed by atoms with Crippen LogP contribution in [0.2, 0.25) is 0 Å². The van der Waals surface area contributed by atoms with Gasteiger partial charge in [0.25, 0.3) is 0 Å². The van der Waals surface area contributed by atoms with Crippen LogP contribution in [0.1, 0.15) is 24.9 Å². The molecule has 112 valence electrons. The van der Waals surface area contributed by atoms with Crippen molar-refractivity contribution in [2.24, 2.45) is 0 Å². The van der Waals surface area contributed by atoms with E-state index in [2.05, 4.69) is 57.4 Å². The number of benzene rings is 1. The first kappa shape index (κ1) is 16.3. The molecule has 1 heterocycles. The van der Waals surface area contributed by atoms with Crippen LogP contribution in [0.4, 0.5) is 5.82 Å². The monoisotopic (exact) mass is 365 g/mol. The fourth-order valence-electron chi connectivity index (χ4n) is 2.04. The van der Waals surface area contributed by atoms with E-state index in [4.69, 9.17) is 5.73 Å². The third-order valence-corrected chi connectivity index (χ3v) is 4.68. The second kappa shape index (κ2) is 8.41. The lowest BCUT2D eigenvalue weighted by molar-refractivity contribution is 0.577. The number of aromatic nitrogens is 1. The van der Waals surface area contributed by atoms with Gasteiger partial charge in [-0.3, -0.25) is 0 Å². The van der Waals surface area contributed by atoms with Gasteiger partial charge in [-0.1, -0.05) is 35.0 Å². The van der Waals surface area contributed by atoms with Gasteiger partial charge in [-0.05, 0) is 37.2 Å². The minimum Gasteiger partial charge on any atom is -0.383 e. The van der Waals surface area contributed by atoms with E-state index in [-0.39, 0.29) is 6.04 Å². The maximum absolute atomic E-state index is 6.02. The van der Waals surface area contributed by atoms with Crippen LogP contribution in [0.5, 0.6) is 0 Å². The van der Waals surface area contributed by atoms with Gasteiger partial charge in [-0.2, -0.15) is 0 Å². The van der Waals surface area contributed by atoms with Gasteiger partial charge in [-0.25, -0.2) is 4.98 Å². The molecule has 0 amide bonds. The zero-order valence-electron chi connectivity index (χ0n) is 12.1. The number of nitrogen functional groups attached to an aromatic ring is 1. The normalized spacial score (nSPS) is 12.3. The molecule has 1 atom stereocenters. The van der Waals surface area contributed by atoms with Crippen LogP contribution in [-0.2, 0) is 0 Å². The van der Waals surface area contributed by atoms with Gasteiger partial charge in [0.2, 0.25) is 0 Å². The molecule has 0 saturated carbocycles. The highest BCUT2D eigenvalue weighted by Crippen LogP contribution is 2.28. The standard InChI is InChI=1S/C16H20BrN3S/c1-2-8-19-15(14-7-4-9-20-16(14)18)11-21-13-6-3-5-12(17)10-13/h3-7,9-10,15,19H,2,8,11H2,1H3,(H2,18,20). The summed E-state index contributed by atoms with van der Waals surface area (Å²) >= 11 is 5.33. The summed E-state index contributed by atoms with van der Waals surface area (Å²) in [6, 6.07) is 12.6. The van der Waals surface area contributed by atoms with Crippen LogP contribution in [0.15, 0.2) is 52.0 Å². The van der Waals surface area contributed by atoms with Crippen LogP contribution in [0, 0.1) is 0 Å². The highest BCUT2D eigenvalue weighted by atomic mass is 79.9. The van der Waals surface area contributed by atoms with Gasteiger partial charge >= 0.3 is 0 Å². The van der Waals surface area contributed by atoms with Gasteiger partial charge < -0.3 is 11.1 Å². The minimum absolute atomic E-state index is 0.211. The molecule has 2 aromatic rings. The predicted octanol–water partition coefficient (Wildman–Crippen LogP) is 4.26. The summed E-state index contributed by atoms with van der Waals surface area (Å²) in [7, 11) is 0. The third kappa shape index (κ3) is 5.02. The van der Waals surface area contributed by atoms with E-state index >= 15 is 0 Å². The van der Waals surface area contributed by atoms with Gasteiger partial charge in [0.05, 0.1) is 0 Å². The number of pyridine rings is 1. The Morgan fingerprint density at radius 1 is 1.33 bits per heavy atom. The number of thioether (sulfide) groups is 1. The number of hydrogen-bond acceptors (Lipinski definition) is 4. The molecule has 0 radical (unpaired) electrons. The average molecular weight is 366 g/mol. The molecule has 0 fully saturated rings. The smallest absolute Gasteiger partial charge is 0.128 e. The Balaban J connectivity index is 2.08. The molecule has 0 aliphatic rings. The fourth-order valence-corrected chi connectivity index (χ4v) is 3.63. The molecular formula is C16H20BrN3S. The Bertz CT molecular complexity index is 577. The van der Waals surface area contributed by atoms with Crippen LogP contribution < -0.4 is 11.1 Å². The number of halogens is 1. The Morgan fingerprint density at radius 3 is 2.90 bits per heavy atom. The average Bonchev–Trinajstić information content (AvgIpc) is 2.48. The molecule has 2 rings (SSSR count). The molecular weight excluding hydrogens is 346 g/mol. The highest BCUT2D eigenvalue weighted by Gasteiger charge is 2.14. The van der Waals surface area contributed by atoms with E-state index in [1.54, 1.807) is 6.20 Å². The van der Waals surface area contributed by atoms with Gasteiger partial charge in [0.15, 0.2) is 0 Å². The highest BCUT2D eigenvalue weighted by molar-refractivity contribution is 9.10. The summed E-state index contributed by atoms with van der Waals surface area (Å²) in [6.45, 7) is 3.14. The van der Waals surface area contributed by atoms with Gasteiger partial charge in [0.1, 0.15) is 5.82 Å². The molecule has 0 aliphatic carbocycles. The zero-order valence-corrected chi connectivity index (χ0v) is 14.5. The Morgan fingerprint density at radius 2 is 2.19 bits per heavy atom. The van der Waals surface area contributed by atoms with Crippen molar-refractivity contribution in [3.05, 3.63) is 52.6 Å². The second-order valence-corrected chi connectivity index (χ2v) is 6.76. The maximum Gasteiger partial charge on any atom is 0.128 e. The van der Waals surface area contributed by atoms with E-state index in [0.29, 0.717) is 5.82 Å². The summed E-state index contributed by atoms with van der Waals surface area (Å²) in [6.07, 6.45) is 2.83. The molecule has 0 saturated heterocycles. The summed E-state index contributed by atoms with van der Waals surface area (Å²) in [4.78, 5) is 5.44. The van der Waals surface area contributed by atoms with Gasteiger partial charge in [0, 0.05) is 32.9 Å². The van der Waals surface area contributed by atoms with Crippen molar-refractivity contribution < 1.29 is 0 Å². The molecule has 21 heavy (non-hydrogen) atoms. The van der Waals surface area contributed by atoms with E-state index in [1.165, 1.54) is 4.90 Å². The van der Waals surface area contributed by atoms with Crippen molar-refractivity contribution in [3.63, 3.8) is 0 Å². The molecule has 0 spiro atoms. The first-order valence-corrected chi connectivity index (χ1v) is 8.80. The predicted molar refractivity (Wildman–Crippen MR) is 94.6 cm³/mol. The molecule has 5 heteroatoms. The lowest BCUT2D eigenvalue weighted by atomic mass is 10.1. The molecule has 1 aromatic carbocycles. The summed E-state index contributed by atoms with van der Waals surface area (Å²) in [5.41, 5.74) is 7.10. The van der Waals surface area contributed by atoms with Crippen molar-refractivity contribution in [3.8, 4) is 0 Å². The fraction of sp³-hybridized carbons (Fsp3) is 0.312. The largest absolute Gasteiger partial charge is 0.383 e. The number of hydrogen-bond donors (Lipinski definition) is 2. The van der Waals surface area contributed by atoms with Crippen LogP contribution in [0.3, 0.4) is 0 Å². The van der Waals surface area contributed by atoms with Crippen molar-refractivity contribution in [2.75, 3.05) is 18.0 Å². The number of nitrogens with two attached hydrogens (primary N) is 1. The molecule has 0 bridgehead atoms. The topological polar surface area (TPSA) is 50.9 Å². The van der Waals surface area contributed by atoms with Crippen molar-refractivity contribution in [1.82, 2.24) is 10.3 Å². The summed E-state index contributed by atoms with van der Waals surface area (Å²) < 4.78 is 1.10. The minimum atomic E-state index is 0.211. The first-order chi connectivity index (χ1) is 10.2. The number of anilines is 1. The van der Waals surface area contributed by atoms with Crippen LogP contribution in [0.25, 0.3) is 0 Å². The van der Waals surface area contributed by atoms with E-state index < -0.39 is 0 Å². The van der Waals surface area contributed by atoms with Crippen LogP contribution >= 0.6 is 27.7 Å². The van der Waals surface area contributed by atoms with Crippen LogP contribution in [-0.4, -0.2) is 17.3 Å². The number of nitrogens with one attached hydrogen (secondary N) is 1. The molecule has 1 aromatic heterocycles. The zero-order chi connectivity index (χ0) is 15.1. The third-order valence-electron chi connectivity index (χ3n) is 3.10. The maximum atomic E-state index is 6.02. The molecule has 0 aliphatic heterocycles. The molecule has 3 N–H and O–H groups in total. The van der Waals surface area contributed by atoms with Crippen molar-refractivity contribution in [2.45, 2.75) is 24.3 Å². The number of rotatable bonds is 7. The van der Waals surface area contributed by atoms with Gasteiger partial charge in [-0.15, -0.1) is 11.8 Å². The Kier molecular flexibility index (Phi) is 6.54. The van der Waals surface area contributed by atoms with Crippen molar-refractivity contribution in [1.29, 1.82) is 0 Å². The lowest BCUT2D eigenvalue weighted by Gasteiger charge is -2.19. The first-order valence-electron chi connectivity index (χ1n) is 7.03. The quantitative estimate of drug-likeness (QED) is 0.719. The van der Waals surface area contributed by atoms with E-state index in [0.717, 1.165) is 28.8 Å². The van der Waals surface area contributed by atoms with E-state index in [9.17, 15) is 0 Å². The number of nitrogens with zero attached hydrogens (tertiary/aromatic N) is 1. The lowest BCUT2D eigenvalue weighted by Crippen LogP contribution is -2.25. The Labute approximate surface area is 138 Å².